The van der Waals surface area contributed by atoms with E-state index < -0.39 is 24.4 Å². The summed E-state index contributed by atoms with van der Waals surface area (Å²) in [5.74, 6) is -4.72. The highest BCUT2D eigenvalue weighted by Crippen LogP contribution is 2.30. The molecule has 1 aliphatic rings. The van der Waals surface area contributed by atoms with E-state index >= 15 is 0 Å². The number of nitrogens with one attached hydrogen (secondary N) is 1. The van der Waals surface area contributed by atoms with E-state index in [4.69, 9.17) is 0 Å². The molecule has 17 heavy (non-hydrogen) atoms. The molecule has 6 heteroatoms. The van der Waals surface area contributed by atoms with Gasteiger partial charge in [0.15, 0.2) is 0 Å². The lowest BCUT2D eigenvalue weighted by atomic mass is 10.2. The lowest BCUT2D eigenvalue weighted by Gasteiger charge is -2.09. The molecular formula is C11H13F2NO2S. The zero-order valence-corrected chi connectivity index (χ0v) is 10.2. The van der Waals surface area contributed by atoms with Crippen LogP contribution in [0.2, 0.25) is 0 Å². The number of rotatable bonds is 4. The van der Waals surface area contributed by atoms with Gasteiger partial charge in [0, 0.05) is 13.1 Å². The molecule has 1 aliphatic heterocycles. The van der Waals surface area contributed by atoms with Gasteiger partial charge in [-0.1, -0.05) is 0 Å². The Hall–Kier alpha value is -1.01. The van der Waals surface area contributed by atoms with Crippen molar-refractivity contribution in [3.05, 3.63) is 21.9 Å². The van der Waals surface area contributed by atoms with Crippen LogP contribution in [0.3, 0.4) is 0 Å². The number of aryl methyl sites for hydroxylation is 1. The van der Waals surface area contributed by atoms with Gasteiger partial charge in [0.25, 0.3) is 0 Å². The Morgan fingerprint density at radius 2 is 2.35 bits per heavy atom. The molecular weight excluding hydrogens is 248 g/mol. The summed E-state index contributed by atoms with van der Waals surface area (Å²) in [6.45, 7) is 2.86. The van der Waals surface area contributed by atoms with Crippen molar-refractivity contribution in [3.8, 4) is 0 Å². The Bertz CT molecular complexity index is 419. The van der Waals surface area contributed by atoms with Gasteiger partial charge in [0.05, 0.1) is 6.42 Å². The van der Waals surface area contributed by atoms with E-state index in [9.17, 15) is 13.6 Å². The second-order valence-corrected chi connectivity index (χ2v) is 4.89. The van der Waals surface area contributed by atoms with Crippen LogP contribution in [0.4, 0.5) is 8.78 Å². The topological polar surface area (TPSA) is 38.3 Å². The van der Waals surface area contributed by atoms with E-state index in [2.05, 4.69) is 10.1 Å². The third-order valence-corrected chi connectivity index (χ3v) is 3.62. The molecule has 1 fully saturated rings. The van der Waals surface area contributed by atoms with E-state index in [-0.39, 0.29) is 6.54 Å². The van der Waals surface area contributed by atoms with Crippen molar-refractivity contribution in [2.24, 2.45) is 0 Å². The van der Waals surface area contributed by atoms with Crippen LogP contribution in [-0.4, -0.2) is 24.5 Å². The van der Waals surface area contributed by atoms with Gasteiger partial charge in [-0.3, -0.25) is 0 Å². The molecule has 94 valence electrons. The van der Waals surface area contributed by atoms with Crippen LogP contribution in [0, 0.1) is 6.92 Å². The Labute approximate surface area is 102 Å². The van der Waals surface area contributed by atoms with Crippen LogP contribution < -0.4 is 5.32 Å². The maximum Gasteiger partial charge on any atom is 0.377 e. The highest BCUT2D eigenvalue weighted by Gasteiger charge is 2.50. The fraction of sp³-hybridized carbons (Fsp3) is 0.545. The second-order valence-electron chi connectivity index (χ2n) is 4.15. The van der Waals surface area contributed by atoms with E-state index in [0.717, 1.165) is 5.56 Å². The minimum atomic E-state index is -3.31. The molecule has 0 spiro atoms. The van der Waals surface area contributed by atoms with Gasteiger partial charge in [0.2, 0.25) is 0 Å². The van der Waals surface area contributed by atoms with Crippen LogP contribution in [0.1, 0.15) is 17.5 Å². The maximum absolute atomic E-state index is 12.9. The molecule has 1 aromatic rings. The molecule has 1 atom stereocenters. The molecule has 0 amide bonds. The highest BCUT2D eigenvalue weighted by atomic mass is 32.1. The largest absolute Gasteiger partial charge is 0.456 e. The molecule has 1 N–H and O–H groups in total. The van der Waals surface area contributed by atoms with Crippen molar-refractivity contribution >= 4 is 17.3 Å². The fourth-order valence-corrected chi connectivity index (χ4v) is 2.56. The zero-order valence-electron chi connectivity index (χ0n) is 9.33. The molecule has 0 bridgehead atoms. The molecule has 2 heterocycles. The first-order valence-electron chi connectivity index (χ1n) is 5.30. The van der Waals surface area contributed by atoms with Gasteiger partial charge < -0.3 is 10.1 Å². The SMILES string of the molecule is Cc1cscc1CNCC1CC(F)(F)C(=O)O1. The molecule has 2 rings (SSSR count). The number of ether oxygens (including phenoxy) is 1. The van der Waals surface area contributed by atoms with Crippen molar-refractivity contribution in [3.63, 3.8) is 0 Å². The van der Waals surface area contributed by atoms with E-state index in [1.54, 1.807) is 11.3 Å². The first kappa shape index (κ1) is 12.4. The number of hydrogen-bond donors (Lipinski definition) is 1. The Kier molecular flexibility index (Phi) is 3.44. The summed E-state index contributed by atoms with van der Waals surface area (Å²) < 4.78 is 30.3. The summed E-state index contributed by atoms with van der Waals surface area (Å²) in [6, 6.07) is 0. The van der Waals surface area contributed by atoms with Crippen LogP contribution in [0.15, 0.2) is 10.8 Å². The first-order chi connectivity index (χ1) is 7.99. The molecule has 0 radical (unpaired) electrons. The predicted octanol–water partition coefficient (Wildman–Crippen LogP) is 2.10. The molecule has 0 aliphatic carbocycles. The minimum Gasteiger partial charge on any atom is -0.456 e. The van der Waals surface area contributed by atoms with Crippen molar-refractivity contribution in [1.29, 1.82) is 0 Å². The van der Waals surface area contributed by atoms with E-state index in [0.29, 0.717) is 6.54 Å². The molecule has 0 saturated carbocycles. The normalized spacial score (nSPS) is 22.8. The molecule has 0 aromatic carbocycles. The maximum atomic E-state index is 12.9. The number of hydrogen-bond acceptors (Lipinski definition) is 4. The minimum absolute atomic E-state index is 0.261. The van der Waals surface area contributed by atoms with Gasteiger partial charge in [-0.15, -0.1) is 0 Å². The number of carbonyl (C=O) groups is 1. The monoisotopic (exact) mass is 261 g/mol. The van der Waals surface area contributed by atoms with Crippen molar-refractivity contribution in [2.75, 3.05) is 6.54 Å². The van der Waals surface area contributed by atoms with E-state index in [1.165, 1.54) is 5.56 Å². The number of alkyl halides is 2. The van der Waals surface area contributed by atoms with Crippen molar-refractivity contribution in [1.82, 2.24) is 5.32 Å². The smallest absolute Gasteiger partial charge is 0.377 e. The van der Waals surface area contributed by atoms with Gasteiger partial charge in [-0.2, -0.15) is 20.1 Å². The lowest BCUT2D eigenvalue weighted by Crippen LogP contribution is -2.26. The third kappa shape index (κ3) is 2.81. The Morgan fingerprint density at radius 3 is 2.88 bits per heavy atom. The Balaban J connectivity index is 1.77. The summed E-state index contributed by atoms with van der Waals surface area (Å²) in [4.78, 5) is 10.8. The zero-order chi connectivity index (χ0) is 12.5. The molecule has 1 saturated heterocycles. The second kappa shape index (κ2) is 4.70. The van der Waals surface area contributed by atoms with Crippen molar-refractivity contribution in [2.45, 2.75) is 31.9 Å². The van der Waals surface area contributed by atoms with Gasteiger partial charge in [0.1, 0.15) is 6.10 Å². The summed E-state index contributed by atoms with van der Waals surface area (Å²) in [7, 11) is 0. The van der Waals surface area contributed by atoms with Crippen molar-refractivity contribution < 1.29 is 18.3 Å². The van der Waals surface area contributed by atoms with Crippen LogP contribution in [0.5, 0.6) is 0 Å². The average Bonchev–Trinajstić information content (AvgIpc) is 2.73. The first-order valence-corrected chi connectivity index (χ1v) is 6.24. The third-order valence-electron chi connectivity index (χ3n) is 2.71. The lowest BCUT2D eigenvalue weighted by molar-refractivity contribution is -0.159. The Morgan fingerprint density at radius 1 is 1.59 bits per heavy atom. The van der Waals surface area contributed by atoms with Gasteiger partial charge >= 0.3 is 11.9 Å². The number of halogens is 2. The van der Waals surface area contributed by atoms with Crippen LogP contribution in [-0.2, 0) is 16.1 Å². The quantitative estimate of drug-likeness (QED) is 0.843. The molecule has 1 aromatic heterocycles. The van der Waals surface area contributed by atoms with E-state index in [1.807, 2.05) is 17.7 Å². The number of esters is 1. The summed E-state index contributed by atoms with van der Waals surface area (Å²) >= 11 is 1.60. The highest BCUT2D eigenvalue weighted by molar-refractivity contribution is 7.08. The molecule has 3 nitrogen and oxygen atoms in total. The average molecular weight is 261 g/mol. The summed E-state index contributed by atoms with van der Waals surface area (Å²) in [5.41, 5.74) is 2.32. The standard InChI is InChI=1S/C11H13F2NO2S/c1-7-5-17-6-8(7)3-14-4-9-2-11(12,13)10(15)16-9/h5-6,9,14H,2-4H2,1H3. The molecule has 1 unspecified atom stereocenters. The number of thiophene rings is 1. The number of cyclic esters (lactones) is 1. The summed E-state index contributed by atoms with van der Waals surface area (Å²) in [5, 5.41) is 7.07. The van der Waals surface area contributed by atoms with Gasteiger partial charge in [-0.25, -0.2) is 4.79 Å². The van der Waals surface area contributed by atoms with Crippen LogP contribution in [0.25, 0.3) is 0 Å². The van der Waals surface area contributed by atoms with Gasteiger partial charge in [-0.05, 0) is 28.8 Å². The van der Waals surface area contributed by atoms with Crippen LogP contribution >= 0.6 is 11.3 Å². The fourth-order valence-electron chi connectivity index (χ4n) is 1.70. The number of carbonyl (C=O) groups excluding carboxylic acids is 1. The summed E-state index contributed by atoms with van der Waals surface area (Å²) in [6.07, 6.45) is -1.25. The predicted molar refractivity (Wildman–Crippen MR) is 60.2 cm³/mol.